The highest BCUT2D eigenvalue weighted by Gasteiger charge is 2.27. The molecule has 164 valence electrons. The van der Waals surface area contributed by atoms with E-state index >= 15 is 0 Å². The van der Waals surface area contributed by atoms with Gasteiger partial charge in [-0.1, -0.05) is 43.0 Å². The Labute approximate surface area is 190 Å². The predicted molar refractivity (Wildman–Crippen MR) is 127 cm³/mol. The van der Waals surface area contributed by atoms with Crippen LogP contribution in [-0.4, -0.2) is 33.6 Å². The number of rotatable bonds is 4. The second kappa shape index (κ2) is 8.31. The molecule has 0 aliphatic heterocycles. The molecule has 0 radical (unpaired) electrons. The first-order valence-electron chi connectivity index (χ1n) is 10.8. The van der Waals surface area contributed by atoms with Crippen molar-refractivity contribution in [2.45, 2.75) is 38.1 Å². The highest BCUT2D eigenvalue weighted by atomic mass is 35.5. The van der Waals surface area contributed by atoms with Crippen LogP contribution in [0.25, 0.3) is 27.9 Å². The minimum Gasteiger partial charge on any atom is -0.495 e. The highest BCUT2D eigenvalue weighted by Crippen LogP contribution is 2.34. The van der Waals surface area contributed by atoms with Gasteiger partial charge in [0.25, 0.3) is 5.91 Å². The van der Waals surface area contributed by atoms with Crippen molar-refractivity contribution in [1.29, 1.82) is 0 Å². The summed E-state index contributed by atoms with van der Waals surface area (Å²) in [6.07, 6.45) is 5.41. The average Bonchev–Trinajstić information content (AvgIpc) is 3.08. The number of nitrogen functional groups attached to an aromatic ring is 1. The minimum atomic E-state index is -0.220. The SMILES string of the molecule is COc1ccc(-n2c(N)c(C(=O)NC3CCCCC3)c3nc4ccccc4nc32)cc1Cl. The number of hydrogen-bond donors (Lipinski definition) is 2. The molecule has 7 nitrogen and oxygen atoms in total. The zero-order chi connectivity index (χ0) is 22.2. The van der Waals surface area contributed by atoms with E-state index < -0.39 is 0 Å². The molecule has 0 atom stereocenters. The van der Waals surface area contributed by atoms with Crippen molar-refractivity contribution >= 4 is 45.5 Å². The van der Waals surface area contributed by atoms with Crippen molar-refractivity contribution in [3.05, 3.63) is 53.1 Å². The summed E-state index contributed by atoms with van der Waals surface area (Å²) >= 11 is 6.38. The molecule has 1 saturated carbocycles. The molecule has 8 heteroatoms. The molecule has 3 N–H and O–H groups in total. The quantitative estimate of drug-likeness (QED) is 0.463. The number of nitrogens with one attached hydrogen (secondary N) is 1. The molecule has 2 aromatic heterocycles. The van der Waals surface area contributed by atoms with Gasteiger partial charge in [0.1, 0.15) is 22.6 Å². The Morgan fingerprint density at radius 3 is 2.53 bits per heavy atom. The third-order valence-corrected chi connectivity index (χ3v) is 6.35. The molecule has 1 fully saturated rings. The first-order chi connectivity index (χ1) is 15.6. The number of ether oxygens (including phenoxy) is 1. The van der Waals surface area contributed by atoms with Crippen LogP contribution in [0.4, 0.5) is 5.82 Å². The van der Waals surface area contributed by atoms with Gasteiger partial charge in [0.05, 0.1) is 28.9 Å². The normalized spacial score (nSPS) is 14.7. The number of methoxy groups -OCH3 is 1. The van der Waals surface area contributed by atoms with Gasteiger partial charge in [0, 0.05) is 6.04 Å². The molecular formula is C24H24ClN5O2. The number of halogens is 1. The fraction of sp³-hybridized carbons (Fsp3) is 0.292. The van der Waals surface area contributed by atoms with Gasteiger partial charge in [0.2, 0.25) is 0 Å². The molecule has 0 spiro atoms. The molecule has 0 saturated heterocycles. The summed E-state index contributed by atoms with van der Waals surface area (Å²) in [5, 5.41) is 3.60. The number of anilines is 1. The maximum Gasteiger partial charge on any atom is 0.257 e. The number of fused-ring (bicyclic) bond motifs is 2. The second-order valence-electron chi connectivity index (χ2n) is 8.11. The first kappa shape index (κ1) is 20.6. The number of benzene rings is 2. The zero-order valence-corrected chi connectivity index (χ0v) is 18.5. The molecule has 2 heterocycles. The molecule has 0 bridgehead atoms. The smallest absolute Gasteiger partial charge is 0.257 e. The summed E-state index contributed by atoms with van der Waals surface area (Å²) in [5.41, 5.74) is 10.0. The Balaban J connectivity index is 1.70. The van der Waals surface area contributed by atoms with Gasteiger partial charge < -0.3 is 15.8 Å². The van der Waals surface area contributed by atoms with Gasteiger partial charge >= 0.3 is 0 Å². The van der Waals surface area contributed by atoms with E-state index in [1.54, 1.807) is 23.8 Å². The van der Waals surface area contributed by atoms with Gasteiger partial charge in [-0.15, -0.1) is 0 Å². The van der Waals surface area contributed by atoms with E-state index in [2.05, 4.69) is 5.32 Å². The van der Waals surface area contributed by atoms with Crippen LogP contribution >= 0.6 is 11.6 Å². The Hall–Kier alpha value is -3.32. The Bertz CT molecular complexity index is 1330. The van der Waals surface area contributed by atoms with Crippen molar-refractivity contribution < 1.29 is 9.53 Å². The lowest BCUT2D eigenvalue weighted by atomic mass is 9.95. The average molecular weight is 450 g/mol. The predicted octanol–water partition coefficient (Wildman–Crippen LogP) is 4.88. The molecule has 1 aliphatic rings. The lowest BCUT2D eigenvalue weighted by Gasteiger charge is -2.22. The fourth-order valence-corrected chi connectivity index (χ4v) is 4.70. The van der Waals surface area contributed by atoms with E-state index in [1.165, 1.54) is 6.42 Å². The van der Waals surface area contributed by atoms with E-state index in [9.17, 15) is 4.79 Å². The number of amides is 1. The number of carbonyl (C=O) groups excluding carboxylic acids is 1. The summed E-state index contributed by atoms with van der Waals surface area (Å²) in [7, 11) is 1.56. The van der Waals surface area contributed by atoms with Crippen LogP contribution in [0.1, 0.15) is 42.5 Å². The van der Waals surface area contributed by atoms with Gasteiger partial charge in [-0.2, -0.15) is 0 Å². The van der Waals surface area contributed by atoms with Crippen LogP contribution in [-0.2, 0) is 0 Å². The summed E-state index contributed by atoms with van der Waals surface area (Å²) in [6.45, 7) is 0. The van der Waals surface area contributed by atoms with Crippen molar-refractivity contribution in [3.63, 3.8) is 0 Å². The molecule has 2 aromatic carbocycles. The van der Waals surface area contributed by atoms with Gasteiger partial charge in [0.15, 0.2) is 5.65 Å². The maximum absolute atomic E-state index is 13.4. The summed E-state index contributed by atoms with van der Waals surface area (Å²) < 4.78 is 7.01. The number of aromatic nitrogens is 3. The standard InChI is InChI=1S/C24H24ClN5O2/c1-32-19-12-11-15(13-16(19)25)30-22(26)20(24(31)27-14-7-3-2-4-8-14)21-23(30)29-18-10-6-5-9-17(18)28-21/h5-6,9-14H,2-4,7-8,26H2,1H3,(H,27,31). The van der Waals surface area contributed by atoms with Crippen LogP contribution in [0, 0.1) is 0 Å². The van der Waals surface area contributed by atoms with E-state index in [0.717, 1.165) is 31.2 Å². The fourth-order valence-electron chi connectivity index (χ4n) is 4.45. The lowest BCUT2D eigenvalue weighted by Crippen LogP contribution is -2.36. The topological polar surface area (TPSA) is 95.1 Å². The molecule has 4 aromatic rings. The van der Waals surface area contributed by atoms with E-state index in [1.807, 2.05) is 30.3 Å². The Morgan fingerprint density at radius 2 is 1.84 bits per heavy atom. The van der Waals surface area contributed by atoms with Gasteiger partial charge in [-0.3, -0.25) is 9.36 Å². The summed E-state index contributed by atoms with van der Waals surface area (Å²) in [5.74, 6) is 0.615. The number of carbonyl (C=O) groups is 1. The van der Waals surface area contributed by atoms with Crippen molar-refractivity contribution in [2.75, 3.05) is 12.8 Å². The molecule has 1 aliphatic carbocycles. The molecule has 32 heavy (non-hydrogen) atoms. The van der Waals surface area contributed by atoms with Crippen LogP contribution in [0.2, 0.25) is 5.02 Å². The Kier molecular flexibility index (Phi) is 5.35. The summed E-state index contributed by atoms with van der Waals surface area (Å²) in [6, 6.07) is 13.1. The second-order valence-corrected chi connectivity index (χ2v) is 8.51. The largest absolute Gasteiger partial charge is 0.495 e. The van der Waals surface area contributed by atoms with Gasteiger partial charge in [-0.05, 0) is 43.2 Å². The van der Waals surface area contributed by atoms with Crippen molar-refractivity contribution in [1.82, 2.24) is 19.9 Å². The number of para-hydroxylation sites is 2. The van der Waals surface area contributed by atoms with E-state index in [-0.39, 0.29) is 17.8 Å². The monoisotopic (exact) mass is 449 g/mol. The van der Waals surface area contributed by atoms with Crippen molar-refractivity contribution in [3.8, 4) is 11.4 Å². The number of hydrogen-bond acceptors (Lipinski definition) is 5. The third kappa shape index (κ3) is 3.52. The van der Waals surface area contributed by atoms with Crippen LogP contribution in [0.5, 0.6) is 5.75 Å². The lowest BCUT2D eigenvalue weighted by molar-refractivity contribution is 0.0930. The van der Waals surface area contributed by atoms with Crippen LogP contribution in [0.3, 0.4) is 0 Å². The number of nitrogens with two attached hydrogens (primary N) is 1. The van der Waals surface area contributed by atoms with Crippen LogP contribution < -0.4 is 15.8 Å². The van der Waals surface area contributed by atoms with Crippen molar-refractivity contribution in [2.24, 2.45) is 0 Å². The van der Waals surface area contributed by atoms with E-state index in [0.29, 0.717) is 38.7 Å². The molecular weight excluding hydrogens is 426 g/mol. The van der Waals surface area contributed by atoms with E-state index in [4.69, 9.17) is 32.0 Å². The third-order valence-electron chi connectivity index (χ3n) is 6.06. The van der Waals surface area contributed by atoms with Crippen LogP contribution in [0.15, 0.2) is 42.5 Å². The zero-order valence-electron chi connectivity index (χ0n) is 17.8. The number of nitrogens with zero attached hydrogens (tertiary/aromatic N) is 3. The summed E-state index contributed by atoms with van der Waals surface area (Å²) in [4.78, 5) is 23.0. The molecule has 5 rings (SSSR count). The first-order valence-corrected chi connectivity index (χ1v) is 11.2. The van der Waals surface area contributed by atoms with Gasteiger partial charge in [-0.25, -0.2) is 9.97 Å². The molecule has 1 amide bonds. The highest BCUT2D eigenvalue weighted by molar-refractivity contribution is 6.32. The minimum absolute atomic E-state index is 0.151. The Morgan fingerprint density at radius 1 is 1.12 bits per heavy atom. The maximum atomic E-state index is 13.4. The molecule has 0 unspecified atom stereocenters.